The summed E-state index contributed by atoms with van der Waals surface area (Å²) in [6.07, 6.45) is 0.920. The summed E-state index contributed by atoms with van der Waals surface area (Å²) in [5, 5.41) is 5.25. The predicted molar refractivity (Wildman–Crippen MR) is 67.9 cm³/mol. The van der Waals surface area contributed by atoms with Crippen molar-refractivity contribution < 1.29 is 4.74 Å². The third-order valence-electron chi connectivity index (χ3n) is 2.00. The highest BCUT2D eigenvalue weighted by molar-refractivity contribution is 7.09. The van der Waals surface area contributed by atoms with Gasteiger partial charge >= 0.3 is 6.01 Å². The van der Waals surface area contributed by atoms with Gasteiger partial charge in [-0.15, -0.1) is 11.3 Å². The first kappa shape index (κ1) is 12.1. The minimum Gasteiger partial charge on any atom is -0.467 e. The zero-order valence-electron chi connectivity index (χ0n) is 9.18. The Kier molecular flexibility index (Phi) is 4.11. The molecule has 17 heavy (non-hydrogen) atoms. The van der Waals surface area contributed by atoms with E-state index in [1.165, 1.54) is 12.0 Å². The predicted octanol–water partition coefficient (Wildman–Crippen LogP) is 2.25. The molecule has 0 radical (unpaired) electrons. The van der Waals surface area contributed by atoms with Gasteiger partial charge in [0.15, 0.2) is 0 Å². The van der Waals surface area contributed by atoms with E-state index in [1.807, 2.05) is 6.07 Å². The highest BCUT2D eigenvalue weighted by Gasteiger charge is 2.04. The van der Waals surface area contributed by atoms with Crippen molar-refractivity contribution in [3.63, 3.8) is 0 Å². The fraction of sp³-hybridized carbons (Fsp3) is 0.300. The maximum absolute atomic E-state index is 5.73. The summed E-state index contributed by atoms with van der Waals surface area (Å²) >= 11 is 7.45. The zero-order valence-corrected chi connectivity index (χ0v) is 10.8. The van der Waals surface area contributed by atoms with E-state index in [9.17, 15) is 0 Å². The molecule has 0 unspecified atom stereocenters. The Labute approximate surface area is 108 Å². The molecule has 7 heteroatoms. The molecule has 2 aromatic rings. The zero-order chi connectivity index (χ0) is 12.1. The number of rotatable bonds is 5. The van der Waals surface area contributed by atoms with Crippen molar-refractivity contribution in [3.8, 4) is 6.01 Å². The minimum atomic E-state index is 0.121. The van der Waals surface area contributed by atoms with Gasteiger partial charge in [-0.2, -0.15) is 15.0 Å². The van der Waals surface area contributed by atoms with Gasteiger partial charge in [0.25, 0.3) is 0 Å². The molecule has 0 aliphatic carbocycles. The molecule has 2 aromatic heterocycles. The molecule has 0 amide bonds. The molecule has 0 fully saturated rings. The maximum atomic E-state index is 5.73. The van der Waals surface area contributed by atoms with Crippen LogP contribution in [0.4, 0.5) is 5.95 Å². The summed E-state index contributed by atoms with van der Waals surface area (Å²) in [6, 6.07) is 4.33. The molecule has 0 spiro atoms. The van der Waals surface area contributed by atoms with Gasteiger partial charge < -0.3 is 10.1 Å². The Morgan fingerprint density at radius 1 is 1.41 bits per heavy atom. The van der Waals surface area contributed by atoms with Gasteiger partial charge in [0.05, 0.1) is 7.11 Å². The molecule has 5 nitrogen and oxygen atoms in total. The van der Waals surface area contributed by atoms with E-state index in [4.69, 9.17) is 16.3 Å². The number of halogens is 1. The van der Waals surface area contributed by atoms with E-state index in [0.717, 1.165) is 13.0 Å². The number of thiophene rings is 1. The summed E-state index contributed by atoms with van der Waals surface area (Å²) < 4.78 is 4.90. The van der Waals surface area contributed by atoms with Gasteiger partial charge in [0, 0.05) is 11.4 Å². The van der Waals surface area contributed by atoms with Crippen molar-refractivity contribution >= 4 is 28.9 Å². The van der Waals surface area contributed by atoms with Gasteiger partial charge in [-0.05, 0) is 29.5 Å². The Morgan fingerprint density at radius 2 is 2.29 bits per heavy atom. The molecule has 0 bridgehead atoms. The highest BCUT2D eigenvalue weighted by atomic mass is 35.5. The van der Waals surface area contributed by atoms with Crippen molar-refractivity contribution in [2.75, 3.05) is 19.0 Å². The quantitative estimate of drug-likeness (QED) is 0.903. The van der Waals surface area contributed by atoms with Crippen LogP contribution in [0.25, 0.3) is 0 Å². The van der Waals surface area contributed by atoms with Crippen LogP contribution in [-0.4, -0.2) is 28.6 Å². The summed E-state index contributed by atoms with van der Waals surface area (Å²) in [5.41, 5.74) is 0. The molecular weight excluding hydrogens is 260 g/mol. The molecule has 0 saturated heterocycles. The second-order valence-corrected chi connectivity index (χ2v) is 4.54. The van der Waals surface area contributed by atoms with Gasteiger partial charge in [0.1, 0.15) is 0 Å². The Morgan fingerprint density at radius 3 is 3.00 bits per heavy atom. The smallest absolute Gasteiger partial charge is 0.322 e. The van der Waals surface area contributed by atoms with Crippen LogP contribution in [0.15, 0.2) is 17.5 Å². The van der Waals surface area contributed by atoms with Crippen molar-refractivity contribution in [2.45, 2.75) is 6.42 Å². The second-order valence-electron chi connectivity index (χ2n) is 3.17. The second kappa shape index (κ2) is 5.79. The number of hydrogen-bond acceptors (Lipinski definition) is 6. The minimum absolute atomic E-state index is 0.121. The third-order valence-corrected chi connectivity index (χ3v) is 3.11. The van der Waals surface area contributed by atoms with Gasteiger partial charge in [-0.1, -0.05) is 6.07 Å². The average molecular weight is 271 g/mol. The van der Waals surface area contributed by atoms with Crippen LogP contribution in [0, 0.1) is 0 Å². The van der Waals surface area contributed by atoms with Gasteiger partial charge in [-0.25, -0.2) is 0 Å². The maximum Gasteiger partial charge on any atom is 0.322 e. The molecular formula is C10H11ClN4OS. The molecule has 90 valence electrons. The number of nitrogens with one attached hydrogen (secondary N) is 1. The summed E-state index contributed by atoms with van der Waals surface area (Å²) in [7, 11) is 1.49. The lowest BCUT2D eigenvalue weighted by Gasteiger charge is -2.05. The number of aromatic nitrogens is 3. The lowest BCUT2D eigenvalue weighted by Crippen LogP contribution is -2.08. The fourth-order valence-electron chi connectivity index (χ4n) is 1.25. The number of nitrogens with zero attached hydrogens (tertiary/aromatic N) is 3. The molecule has 0 saturated carbocycles. The van der Waals surface area contributed by atoms with Crippen LogP contribution < -0.4 is 10.1 Å². The number of methoxy groups -OCH3 is 1. The monoisotopic (exact) mass is 270 g/mol. The Bertz CT molecular complexity index is 477. The Balaban J connectivity index is 1.92. The summed E-state index contributed by atoms with van der Waals surface area (Å²) in [4.78, 5) is 13.1. The van der Waals surface area contributed by atoms with Crippen molar-refractivity contribution in [1.29, 1.82) is 0 Å². The number of hydrogen-bond donors (Lipinski definition) is 1. The van der Waals surface area contributed by atoms with Crippen molar-refractivity contribution in [1.82, 2.24) is 15.0 Å². The average Bonchev–Trinajstić information content (AvgIpc) is 2.81. The standard InChI is InChI=1S/C10H11ClN4OS/c1-16-10-14-8(11)13-9(15-10)12-5-4-7-3-2-6-17-7/h2-3,6H,4-5H2,1H3,(H,12,13,14,15). The fourth-order valence-corrected chi connectivity index (χ4v) is 2.12. The molecule has 0 atom stereocenters. The molecule has 0 aliphatic heterocycles. The highest BCUT2D eigenvalue weighted by Crippen LogP contribution is 2.12. The molecule has 1 N–H and O–H groups in total. The van der Waals surface area contributed by atoms with E-state index < -0.39 is 0 Å². The van der Waals surface area contributed by atoms with Crippen LogP contribution in [0.1, 0.15) is 4.88 Å². The van der Waals surface area contributed by atoms with E-state index >= 15 is 0 Å². The van der Waals surface area contributed by atoms with Crippen LogP contribution in [-0.2, 0) is 6.42 Å². The number of anilines is 1. The molecule has 2 heterocycles. The largest absolute Gasteiger partial charge is 0.467 e. The SMILES string of the molecule is COc1nc(Cl)nc(NCCc2cccs2)n1. The van der Waals surface area contributed by atoms with Gasteiger partial charge in [-0.3, -0.25) is 0 Å². The topological polar surface area (TPSA) is 59.9 Å². The number of ether oxygens (including phenoxy) is 1. The van der Waals surface area contributed by atoms with Crippen LogP contribution in [0.2, 0.25) is 5.28 Å². The lowest BCUT2D eigenvalue weighted by molar-refractivity contribution is 0.379. The summed E-state index contributed by atoms with van der Waals surface area (Å²) in [5.74, 6) is 0.429. The molecule has 0 aromatic carbocycles. The lowest BCUT2D eigenvalue weighted by atomic mass is 10.3. The third kappa shape index (κ3) is 3.54. The normalized spacial score (nSPS) is 10.2. The first-order chi connectivity index (χ1) is 8.28. The van der Waals surface area contributed by atoms with Crippen molar-refractivity contribution in [2.24, 2.45) is 0 Å². The van der Waals surface area contributed by atoms with E-state index in [1.54, 1.807) is 11.3 Å². The van der Waals surface area contributed by atoms with Crippen LogP contribution in [0.5, 0.6) is 6.01 Å². The van der Waals surface area contributed by atoms with E-state index in [0.29, 0.717) is 5.95 Å². The Hall–Kier alpha value is -1.40. The van der Waals surface area contributed by atoms with Crippen LogP contribution >= 0.6 is 22.9 Å². The van der Waals surface area contributed by atoms with Gasteiger partial charge in [0.2, 0.25) is 11.2 Å². The molecule has 0 aliphatic rings. The first-order valence-corrected chi connectivity index (χ1v) is 6.25. The van der Waals surface area contributed by atoms with Crippen molar-refractivity contribution in [3.05, 3.63) is 27.7 Å². The first-order valence-electron chi connectivity index (χ1n) is 5.00. The van der Waals surface area contributed by atoms with E-state index in [2.05, 4.69) is 31.7 Å². The molecule has 2 rings (SSSR count). The van der Waals surface area contributed by atoms with E-state index in [-0.39, 0.29) is 11.3 Å². The van der Waals surface area contributed by atoms with Crippen LogP contribution in [0.3, 0.4) is 0 Å². The summed E-state index contributed by atoms with van der Waals surface area (Å²) in [6.45, 7) is 0.740.